The lowest BCUT2D eigenvalue weighted by Crippen LogP contribution is -2.21. The van der Waals surface area contributed by atoms with Crippen LogP contribution in [0.1, 0.15) is 24.8 Å². The first kappa shape index (κ1) is 11.9. The average Bonchev–Trinajstić information content (AvgIpc) is 2.17. The van der Waals surface area contributed by atoms with Crippen molar-refractivity contribution in [3.8, 4) is 0 Å². The van der Waals surface area contributed by atoms with Crippen LogP contribution in [0.25, 0.3) is 0 Å². The number of anilines is 1. The van der Waals surface area contributed by atoms with Crippen LogP contribution < -0.4 is 11.1 Å². The molecule has 4 heteroatoms. The maximum Gasteiger partial charge on any atom is 0.104 e. The molecule has 0 unspecified atom stereocenters. The highest BCUT2D eigenvalue weighted by atomic mass is 79.9. The van der Waals surface area contributed by atoms with E-state index in [-0.39, 0.29) is 0 Å². The van der Waals surface area contributed by atoms with Crippen LogP contribution >= 0.6 is 28.1 Å². The van der Waals surface area contributed by atoms with Crippen molar-refractivity contribution in [2.75, 3.05) is 11.9 Å². The standard InChI is InChI=1S/C12H15BrN2S/c13-10-6-9(12(14)16)4-5-11(10)15-7-8-2-1-3-8/h4-6,8,15H,1-3,7H2,(H2,14,16). The fourth-order valence-corrected chi connectivity index (χ4v) is 2.41. The monoisotopic (exact) mass is 298 g/mol. The van der Waals surface area contributed by atoms with Crippen LogP contribution in [0.4, 0.5) is 5.69 Å². The summed E-state index contributed by atoms with van der Waals surface area (Å²) in [6, 6.07) is 5.94. The van der Waals surface area contributed by atoms with E-state index in [9.17, 15) is 0 Å². The molecular formula is C12H15BrN2S. The summed E-state index contributed by atoms with van der Waals surface area (Å²) in [4.78, 5) is 0.436. The van der Waals surface area contributed by atoms with Gasteiger partial charge in [-0.25, -0.2) is 0 Å². The number of nitrogens with two attached hydrogens (primary N) is 1. The minimum Gasteiger partial charge on any atom is -0.389 e. The van der Waals surface area contributed by atoms with E-state index in [2.05, 4.69) is 21.2 Å². The van der Waals surface area contributed by atoms with Gasteiger partial charge in [0.05, 0.1) is 0 Å². The molecule has 0 spiro atoms. The van der Waals surface area contributed by atoms with Gasteiger partial charge in [-0.05, 0) is 52.9 Å². The lowest BCUT2D eigenvalue weighted by Gasteiger charge is -2.26. The Hall–Kier alpha value is -0.610. The van der Waals surface area contributed by atoms with Gasteiger partial charge in [-0.3, -0.25) is 0 Å². The zero-order valence-electron chi connectivity index (χ0n) is 9.00. The van der Waals surface area contributed by atoms with Crippen LogP contribution in [0.2, 0.25) is 0 Å². The minimum atomic E-state index is 0.436. The Bertz CT molecular complexity index is 402. The Morgan fingerprint density at radius 1 is 1.50 bits per heavy atom. The first-order chi connectivity index (χ1) is 7.66. The molecule has 0 aliphatic heterocycles. The summed E-state index contributed by atoms with van der Waals surface area (Å²) in [5.41, 5.74) is 7.59. The van der Waals surface area contributed by atoms with E-state index in [4.69, 9.17) is 18.0 Å². The molecule has 0 radical (unpaired) electrons. The van der Waals surface area contributed by atoms with Gasteiger partial charge in [0.25, 0.3) is 0 Å². The van der Waals surface area contributed by atoms with Gasteiger partial charge in [0.15, 0.2) is 0 Å². The van der Waals surface area contributed by atoms with Crippen LogP contribution in [0, 0.1) is 5.92 Å². The lowest BCUT2D eigenvalue weighted by atomic mass is 9.85. The highest BCUT2D eigenvalue weighted by molar-refractivity contribution is 9.10. The quantitative estimate of drug-likeness (QED) is 0.838. The Morgan fingerprint density at radius 3 is 2.75 bits per heavy atom. The smallest absolute Gasteiger partial charge is 0.104 e. The molecule has 1 aliphatic carbocycles. The maximum atomic E-state index is 5.58. The van der Waals surface area contributed by atoms with E-state index < -0.39 is 0 Å². The number of halogens is 1. The summed E-state index contributed by atoms with van der Waals surface area (Å²) < 4.78 is 1.03. The van der Waals surface area contributed by atoms with Gasteiger partial charge in [-0.1, -0.05) is 18.6 Å². The molecule has 1 saturated carbocycles. The third-order valence-electron chi connectivity index (χ3n) is 3.06. The molecule has 0 amide bonds. The number of hydrogen-bond donors (Lipinski definition) is 2. The number of nitrogens with one attached hydrogen (secondary N) is 1. The molecule has 16 heavy (non-hydrogen) atoms. The summed E-state index contributed by atoms with van der Waals surface area (Å²) in [7, 11) is 0. The largest absolute Gasteiger partial charge is 0.389 e. The fourth-order valence-electron chi connectivity index (χ4n) is 1.76. The van der Waals surface area contributed by atoms with Crippen molar-refractivity contribution in [1.29, 1.82) is 0 Å². The second-order valence-electron chi connectivity index (χ2n) is 4.24. The van der Waals surface area contributed by atoms with Crippen LogP contribution in [-0.4, -0.2) is 11.5 Å². The van der Waals surface area contributed by atoms with Gasteiger partial charge in [-0.2, -0.15) is 0 Å². The van der Waals surface area contributed by atoms with Gasteiger partial charge in [-0.15, -0.1) is 0 Å². The van der Waals surface area contributed by atoms with Crippen molar-refractivity contribution in [3.05, 3.63) is 28.2 Å². The van der Waals surface area contributed by atoms with Crippen molar-refractivity contribution in [2.45, 2.75) is 19.3 Å². The van der Waals surface area contributed by atoms with Crippen molar-refractivity contribution in [2.24, 2.45) is 11.7 Å². The van der Waals surface area contributed by atoms with Gasteiger partial charge in [0.1, 0.15) is 4.99 Å². The molecule has 0 aromatic heterocycles. The molecule has 2 rings (SSSR count). The van der Waals surface area contributed by atoms with E-state index in [0.717, 1.165) is 28.2 Å². The van der Waals surface area contributed by atoms with Crippen LogP contribution in [0.5, 0.6) is 0 Å². The van der Waals surface area contributed by atoms with Crippen molar-refractivity contribution in [1.82, 2.24) is 0 Å². The summed E-state index contributed by atoms with van der Waals surface area (Å²) in [5.74, 6) is 0.849. The molecule has 86 valence electrons. The molecule has 1 aromatic rings. The first-order valence-electron chi connectivity index (χ1n) is 5.50. The predicted molar refractivity (Wildman–Crippen MR) is 75.9 cm³/mol. The third-order valence-corrected chi connectivity index (χ3v) is 3.95. The highest BCUT2D eigenvalue weighted by Crippen LogP contribution is 2.28. The molecule has 0 atom stereocenters. The molecule has 3 N–H and O–H groups in total. The Kier molecular flexibility index (Phi) is 3.82. The molecule has 1 fully saturated rings. The van der Waals surface area contributed by atoms with Crippen molar-refractivity contribution < 1.29 is 0 Å². The van der Waals surface area contributed by atoms with E-state index in [1.54, 1.807) is 0 Å². The molecular weight excluding hydrogens is 284 g/mol. The topological polar surface area (TPSA) is 38.0 Å². The predicted octanol–water partition coefficient (Wildman–Crippen LogP) is 3.30. The number of hydrogen-bond acceptors (Lipinski definition) is 2. The summed E-state index contributed by atoms with van der Waals surface area (Å²) in [6.45, 7) is 1.06. The summed E-state index contributed by atoms with van der Waals surface area (Å²) in [5, 5.41) is 3.45. The Balaban J connectivity index is 2.00. The number of thiocarbonyl (C=S) groups is 1. The van der Waals surface area contributed by atoms with Gasteiger partial charge < -0.3 is 11.1 Å². The van der Waals surface area contributed by atoms with Crippen molar-refractivity contribution in [3.63, 3.8) is 0 Å². The normalized spacial score (nSPS) is 15.6. The second kappa shape index (κ2) is 5.15. The van der Waals surface area contributed by atoms with E-state index in [0.29, 0.717) is 4.99 Å². The summed E-state index contributed by atoms with van der Waals surface area (Å²) >= 11 is 8.46. The van der Waals surface area contributed by atoms with E-state index >= 15 is 0 Å². The van der Waals surface area contributed by atoms with Gasteiger partial charge in [0, 0.05) is 22.3 Å². The first-order valence-corrected chi connectivity index (χ1v) is 6.70. The zero-order chi connectivity index (χ0) is 11.5. The van der Waals surface area contributed by atoms with Crippen LogP contribution in [0.15, 0.2) is 22.7 Å². The van der Waals surface area contributed by atoms with Gasteiger partial charge in [0.2, 0.25) is 0 Å². The lowest BCUT2D eigenvalue weighted by molar-refractivity contribution is 0.333. The van der Waals surface area contributed by atoms with Crippen LogP contribution in [0.3, 0.4) is 0 Å². The Labute approximate surface area is 110 Å². The number of rotatable bonds is 4. The maximum absolute atomic E-state index is 5.58. The molecule has 0 saturated heterocycles. The fraction of sp³-hybridized carbons (Fsp3) is 0.417. The summed E-state index contributed by atoms with van der Waals surface area (Å²) in [6.07, 6.45) is 4.10. The van der Waals surface area contributed by atoms with Crippen molar-refractivity contribution >= 4 is 38.8 Å². The molecule has 1 aliphatic rings. The van der Waals surface area contributed by atoms with E-state index in [1.807, 2.05) is 18.2 Å². The molecule has 2 nitrogen and oxygen atoms in total. The minimum absolute atomic E-state index is 0.436. The number of benzene rings is 1. The second-order valence-corrected chi connectivity index (χ2v) is 5.53. The average molecular weight is 299 g/mol. The molecule has 0 heterocycles. The third kappa shape index (κ3) is 2.74. The van der Waals surface area contributed by atoms with Crippen LogP contribution in [-0.2, 0) is 0 Å². The molecule has 0 bridgehead atoms. The Morgan fingerprint density at radius 2 is 2.25 bits per heavy atom. The van der Waals surface area contributed by atoms with E-state index in [1.165, 1.54) is 19.3 Å². The molecule has 1 aromatic carbocycles. The zero-order valence-corrected chi connectivity index (χ0v) is 11.4. The highest BCUT2D eigenvalue weighted by Gasteiger charge is 2.17. The van der Waals surface area contributed by atoms with Gasteiger partial charge >= 0.3 is 0 Å². The SMILES string of the molecule is NC(=S)c1ccc(NCC2CCC2)c(Br)c1.